The van der Waals surface area contributed by atoms with Crippen LogP contribution in [0.25, 0.3) is 11.0 Å². The van der Waals surface area contributed by atoms with Crippen LogP contribution in [-0.4, -0.2) is 33.6 Å². The van der Waals surface area contributed by atoms with Crippen LogP contribution in [0.2, 0.25) is 0 Å². The molecule has 2 unspecified atom stereocenters. The lowest BCUT2D eigenvalue weighted by Gasteiger charge is -2.37. The fraction of sp³-hybridized carbons (Fsp3) is 0.588. The third kappa shape index (κ3) is 2.70. The van der Waals surface area contributed by atoms with E-state index in [0.717, 1.165) is 24.4 Å². The summed E-state index contributed by atoms with van der Waals surface area (Å²) in [4.78, 5) is 7.38. The van der Waals surface area contributed by atoms with Crippen LogP contribution in [0.1, 0.15) is 38.6 Å². The molecule has 0 aliphatic carbocycles. The number of piperidine rings is 1. The van der Waals surface area contributed by atoms with Gasteiger partial charge in [-0.15, -0.1) is 0 Å². The Bertz CT molecular complexity index is 608. The Labute approximate surface area is 126 Å². The van der Waals surface area contributed by atoms with Crippen LogP contribution in [0.15, 0.2) is 24.3 Å². The number of hydrogen-bond acceptors (Lipinski definition) is 3. The molecular formula is C17H26N4. The number of aromatic nitrogens is 2. The van der Waals surface area contributed by atoms with E-state index in [1.807, 2.05) is 0 Å². The molecule has 1 aliphatic rings. The molecule has 1 aromatic heterocycles. The Morgan fingerprint density at radius 3 is 2.48 bits per heavy atom. The van der Waals surface area contributed by atoms with Gasteiger partial charge in [0, 0.05) is 13.1 Å². The van der Waals surface area contributed by atoms with Crippen molar-refractivity contribution in [3.8, 4) is 0 Å². The van der Waals surface area contributed by atoms with Gasteiger partial charge in [0.2, 0.25) is 0 Å². The summed E-state index contributed by atoms with van der Waals surface area (Å²) in [5.41, 5.74) is 8.34. The zero-order valence-electron chi connectivity index (χ0n) is 13.3. The molecule has 21 heavy (non-hydrogen) atoms. The van der Waals surface area contributed by atoms with Crippen molar-refractivity contribution in [1.82, 2.24) is 14.5 Å². The topological polar surface area (TPSA) is 47.1 Å². The molecule has 4 nitrogen and oxygen atoms in total. The van der Waals surface area contributed by atoms with Gasteiger partial charge in [0.25, 0.3) is 0 Å². The molecule has 1 aromatic carbocycles. The van der Waals surface area contributed by atoms with Gasteiger partial charge < -0.3 is 10.3 Å². The molecule has 0 saturated carbocycles. The lowest BCUT2D eigenvalue weighted by molar-refractivity contribution is 0.127. The largest absolute Gasteiger partial charge is 0.330 e. The third-order valence-electron chi connectivity index (χ3n) is 5.06. The highest BCUT2D eigenvalue weighted by Gasteiger charge is 2.27. The lowest BCUT2D eigenvalue weighted by Crippen LogP contribution is -2.41. The maximum atomic E-state index is 6.04. The van der Waals surface area contributed by atoms with Crippen LogP contribution >= 0.6 is 0 Å². The van der Waals surface area contributed by atoms with Crippen LogP contribution in [-0.2, 0) is 7.05 Å². The van der Waals surface area contributed by atoms with Gasteiger partial charge in [-0.1, -0.05) is 12.1 Å². The molecule has 4 heteroatoms. The molecule has 0 radical (unpaired) electrons. The van der Waals surface area contributed by atoms with Gasteiger partial charge in [-0.3, -0.25) is 4.90 Å². The number of nitrogens with two attached hydrogens (primary N) is 1. The minimum Gasteiger partial charge on any atom is -0.330 e. The Balaban J connectivity index is 1.78. The summed E-state index contributed by atoms with van der Waals surface area (Å²) in [5.74, 6) is 1.84. The Morgan fingerprint density at radius 1 is 1.19 bits per heavy atom. The first-order chi connectivity index (χ1) is 10.1. The van der Waals surface area contributed by atoms with E-state index < -0.39 is 0 Å². The fourth-order valence-corrected chi connectivity index (χ4v) is 3.53. The van der Waals surface area contributed by atoms with Crippen molar-refractivity contribution < 1.29 is 0 Å². The van der Waals surface area contributed by atoms with Crippen molar-refractivity contribution in [2.24, 2.45) is 18.7 Å². The highest BCUT2D eigenvalue weighted by Crippen LogP contribution is 2.28. The van der Waals surface area contributed by atoms with E-state index in [2.05, 4.69) is 54.6 Å². The van der Waals surface area contributed by atoms with Gasteiger partial charge in [0.1, 0.15) is 5.82 Å². The summed E-state index contributed by atoms with van der Waals surface area (Å²) in [6, 6.07) is 9.04. The molecule has 1 aliphatic heterocycles. The maximum absolute atomic E-state index is 6.04. The van der Waals surface area contributed by atoms with Gasteiger partial charge in [0.15, 0.2) is 0 Å². The predicted molar refractivity (Wildman–Crippen MR) is 87.1 cm³/mol. The van der Waals surface area contributed by atoms with Gasteiger partial charge in [0.05, 0.1) is 17.1 Å². The summed E-state index contributed by atoms with van der Waals surface area (Å²) in [7, 11) is 2.12. The second kappa shape index (κ2) is 5.78. The maximum Gasteiger partial charge on any atom is 0.126 e. The van der Waals surface area contributed by atoms with E-state index in [-0.39, 0.29) is 0 Å². The highest BCUT2D eigenvalue weighted by atomic mass is 15.2. The molecule has 0 bridgehead atoms. The Kier molecular flexibility index (Phi) is 4.00. The fourth-order valence-electron chi connectivity index (χ4n) is 3.53. The van der Waals surface area contributed by atoms with Gasteiger partial charge >= 0.3 is 0 Å². The quantitative estimate of drug-likeness (QED) is 0.943. The summed E-state index contributed by atoms with van der Waals surface area (Å²) in [6.07, 6.45) is 2.40. The minimum atomic E-state index is 0.318. The van der Waals surface area contributed by atoms with Crippen LogP contribution in [0.4, 0.5) is 0 Å². The van der Waals surface area contributed by atoms with Crippen molar-refractivity contribution in [1.29, 1.82) is 0 Å². The number of fused-ring (bicyclic) bond motifs is 1. The van der Waals surface area contributed by atoms with E-state index in [0.29, 0.717) is 18.0 Å². The minimum absolute atomic E-state index is 0.318. The second-order valence-electron chi connectivity index (χ2n) is 6.43. The molecule has 3 rings (SSSR count). The normalized spacial score (nSPS) is 20.8. The van der Waals surface area contributed by atoms with Crippen molar-refractivity contribution >= 4 is 11.0 Å². The number of rotatable bonds is 3. The zero-order chi connectivity index (χ0) is 15.0. The third-order valence-corrected chi connectivity index (χ3v) is 5.06. The monoisotopic (exact) mass is 286 g/mol. The first-order valence-electron chi connectivity index (χ1n) is 7.99. The number of aryl methyl sites for hydroxylation is 1. The van der Waals surface area contributed by atoms with Crippen LogP contribution in [0.3, 0.4) is 0 Å². The molecule has 114 valence electrons. The first kappa shape index (κ1) is 14.5. The molecular weight excluding hydrogens is 260 g/mol. The van der Waals surface area contributed by atoms with Crippen molar-refractivity contribution in [3.05, 3.63) is 30.1 Å². The van der Waals surface area contributed by atoms with Gasteiger partial charge in [-0.05, 0) is 57.8 Å². The first-order valence-corrected chi connectivity index (χ1v) is 7.99. The average Bonchev–Trinajstić information content (AvgIpc) is 2.84. The number of benzene rings is 1. The number of imidazole rings is 1. The average molecular weight is 286 g/mol. The second-order valence-corrected chi connectivity index (χ2v) is 6.43. The molecule has 2 aromatic rings. The summed E-state index contributed by atoms with van der Waals surface area (Å²) in [5, 5.41) is 0. The SMILES string of the molecule is CC(N)C1CCN(C(C)c2nc3ccccc3n2C)CC1. The zero-order valence-corrected chi connectivity index (χ0v) is 13.3. The van der Waals surface area contributed by atoms with Crippen molar-refractivity contribution in [2.45, 2.75) is 38.8 Å². The highest BCUT2D eigenvalue weighted by molar-refractivity contribution is 5.75. The molecule has 2 heterocycles. The molecule has 1 saturated heterocycles. The number of hydrogen-bond donors (Lipinski definition) is 1. The summed E-state index contributed by atoms with van der Waals surface area (Å²) >= 11 is 0. The number of likely N-dealkylation sites (tertiary alicyclic amines) is 1. The van der Waals surface area contributed by atoms with Crippen LogP contribution in [0.5, 0.6) is 0 Å². The van der Waals surface area contributed by atoms with E-state index in [9.17, 15) is 0 Å². The van der Waals surface area contributed by atoms with Crippen molar-refractivity contribution in [3.63, 3.8) is 0 Å². The van der Waals surface area contributed by atoms with E-state index in [1.165, 1.54) is 18.4 Å². The van der Waals surface area contributed by atoms with Gasteiger partial charge in [-0.2, -0.15) is 0 Å². The van der Waals surface area contributed by atoms with Crippen molar-refractivity contribution in [2.75, 3.05) is 13.1 Å². The summed E-state index contributed by atoms with van der Waals surface area (Å²) < 4.78 is 2.23. The standard InChI is InChI=1S/C17H26N4/c1-12(18)14-8-10-21(11-9-14)13(2)17-19-15-6-4-5-7-16(15)20(17)3/h4-7,12-14H,8-11,18H2,1-3H3. The molecule has 2 N–H and O–H groups in total. The molecule has 2 atom stereocenters. The van der Waals surface area contributed by atoms with Gasteiger partial charge in [-0.25, -0.2) is 4.98 Å². The Hall–Kier alpha value is -1.39. The Morgan fingerprint density at radius 2 is 1.86 bits per heavy atom. The predicted octanol–water partition coefficient (Wildman–Crippen LogP) is 2.69. The smallest absolute Gasteiger partial charge is 0.126 e. The molecule has 0 amide bonds. The van der Waals surface area contributed by atoms with Crippen LogP contribution in [0, 0.1) is 5.92 Å². The molecule has 0 spiro atoms. The van der Waals surface area contributed by atoms with Crippen LogP contribution < -0.4 is 5.73 Å². The van der Waals surface area contributed by atoms with E-state index >= 15 is 0 Å². The molecule has 1 fully saturated rings. The lowest BCUT2D eigenvalue weighted by atomic mass is 9.90. The number of nitrogens with zero attached hydrogens (tertiary/aromatic N) is 3. The van der Waals surface area contributed by atoms with E-state index in [1.54, 1.807) is 0 Å². The number of para-hydroxylation sites is 2. The van der Waals surface area contributed by atoms with E-state index in [4.69, 9.17) is 10.7 Å². The summed E-state index contributed by atoms with van der Waals surface area (Å²) in [6.45, 7) is 6.65.